The molecular formula is C16H16N2O2S. The zero-order valence-corrected chi connectivity index (χ0v) is 12.6. The van der Waals surface area contributed by atoms with Gasteiger partial charge in [-0.25, -0.2) is 0 Å². The number of nitriles is 1. The molecule has 0 saturated carbocycles. The topological polar surface area (TPSA) is 66.0 Å². The maximum absolute atomic E-state index is 11.8. The first-order valence-electron chi connectivity index (χ1n) is 6.66. The summed E-state index contributed by atoms with van der Waals surface area (Å²) in [4.78, 5) is 12.9. The smallest absolute Gasteiger partial charge is 0.224 e. The summed E-state index contributed by atoms with van der Waals surface area (Å²) < 4.78 is 5.22. The van der Waals surface area contributed by atoms with Gasteiger partial charge in [-0.15, -0.1) is 11.8 Å². The summed E-state index contributed by atoms with van der Waals surface area (Å²) >= 11 is 1.69. The Morgan fingerprint density at radius 2 is 2.29 bits per heavy atom. The SMILES string of the molecule is Cc1occc1SCCCC(=O)Nc1cccc(C#N)c1. The van der Waals surface area contributed by atoms with Crippen molar-refractivity contribution in [2.45, 2.75) is 24.7 Å². The number of anilines is 1. The normalized spacial score (nSPS) is 10.1. The highest BCUT2D eigenvalue weighted by atomic mass is 32.2. The molecule has 0 aliphatic heterocycles. The van der Waals surface area contributed by atoms with Gasteiger partial charge < -0.3 is 9.73 Å². The van der Waals surface area contributed by atoms with Gasteiger partial charge in [0.25, 0.3) is 0 Å². The molecular weight excluding hydrogens is 284 g/mol. The molecule has 0 bridgehead atoms. The molecule has 0 spiro atoms. The summed E-state index contributed by atoms with van der Waals surface area (Å²) in [6, 6.07) is 10.9. The van der Waals surface area contributed by atoms with E-state index in [1.807, 2.05) is 13.0 Å². The Kier molecular flexibility index (Phi) is 5.47. The summed E-state index contributed by atoms with van der Waals surface area (Å²) in [5.41, 5.74) is 1.20. The fourth-order valence-electron chi connectivity index (χ4n) is 1.83. The van der Waals surface area contributed by atoms with Gasteiger partial charge in [-0.05, 0) is 43.4 Å². The third-order valence-corrected chi connectivity index (χ3v) is 4.12. The van der Waals surface area contributed by atoms with Gasteiger partial charge in [-0.1, -0.05) is 6.07 Å². The molecule has 1 aromatic heterocycles. The molecule has 1 N–H and O–H groups in total. The van der Waals surface area contributed by atoms with Crippen molar-refractivity contribution in [3.05, 3.63) is 47.9 Å². The standard InChI is InChI=1S/C16H16N2O2S/c1-12-15(7-8-20-12)21-9-3-6-16(19)18-14-5-2-4-13(10-14)11-17/h2,4-5,7-8,10H,3,6,9H2,1H3,(H,18,19). The van der Waals surface area contributed by atoms with Crippen LogP contribution in [0.15, 0.2) is 45.9 Å². The van der Waals surface area contributed by atoms with E-state index in [2.05, 4.69) is 11.4 Å². The number of rotatable bonds is 6. The van der Waals surface area contributed by atoms with Gasteiger partial charge in [0, 0.05) is 17.0 Å². The van der Waals surface area contributed by atoms with Crippen molar-refractivity contribution in [2.75, 3.05) is 11.1 Å². The van der Waals surface area contributed by atoms with Crippen LogP contribution in [-0.2, 0) is 4.79 Å². The molecule has 4 nitrogen and oxygen atoms in total. The molecule has 21 heavy (non-hydrogen) atoms. The van der Waals surface area contributed by atoms with E-state index < -0.39 is 0 Å². The highest BCUT2D eigenvalue weighted by Crippen LogP contribution is 2.24. The minimum atomic E-state index is -0.0328. The Bertz CT molecular complexity index is 658. The molecule has 0 fully saturated rings. The lowest BCUT2D eigenvalue weighted by Gasteiger charge is -2.05. The lowest BCUT2D eigenvalue weighted by atomic mass is 10.2. The average molecular weight is 300 g/mol. The molecule has 108 valence electrons. The van der Waals surface area contributed by atoms with Crippen LogP contribution in [0.1, 0.15) is 24.2 Å². The fourth-order valence-corrected chi connectivity index (χ4v) is 2.74. The minimum absolute atomic E-state index is 0.0328. The largest absolute Gasteiger partial charge is 0.468 e. The van der Waals surface area contributed by atoms with Gasteiger partial charge in [-0.3, -0.25) is 4.79 Å². The predicted molar refractivity (Wildman–Crippen MR) is 83.2 cm³/mol. The van der Waals surface area contributed by atoms with Crippen molar-refractivity contribution in [1.82, 2.24) is 0 Å². The van der Waals surface area contributed by atoms with Crippen LogP contribution in [0, 0.1) is 18.3 Å². The van der Waals surface area contributed by atoms with Gasteiger partial charge in [0.15, 0.2) is 0 Å². The summed E-state index contributed by atoms with van der Waals surface area (Å²) in [7, 11) is 0. The number of aryl methyl sites for hydroxylation is 1. The number of nitrogens with one attached hydrogen (secondary N) is 1. The molecule has 1 amide bonds. The van der Waals surface area contributed by atoms with Crippen LogP contribution in [0.3, 0.4) is 0 Å². The van der Waals surface area contributed by atoms with Gasteiger partial charge in [-0.2, -0.15) is 5.26 Å². The molecule has 1 aromatic carbocycles. The lowest BCUT2D eigenvalue weighted by molar-refractivity contribution is -0.116. The summed E-state index contributed by atoms with van der Waals surface area (Å²) in [5.74, 6) is 1.75. The van der Waals surface area contributed by atoms with Crippen LogP contribution in [0.5, 0.6) is 0 Å². The van der Waals surface area contributed by atoms with Crippen molar-refractivity contribution in [3.63, 3.8) is 0 Å². The first-order valence-corrected chi connectivity index (χ1v) is 7.64. The summed E-state index contributed by atoms with van der Waals surface area (Å²) in [6.45, 7) is 1.93. The molecule has 2 rings (SSSR count). The van der Waals surface area contributed by atoms with Gasteiger partial charge in [0.2, 0.25) is 5.91 Å². The number of carbonyl (C=O) groups is 1. The maximum atomic E-state index is 11.8. The molecule has 2 aromatic rings. The molecule has 0 radical (unpaired) electrons. The molecule has 0 aliphatic rings. The van der Waals surface area contributed by atoms with E-state index in [1.165, 1.54) is 0 Å². The van der Waals surface area contributed by atoms with Crippen molar-refractivity contribution < 1.29 is 9.21 Å². The first-order chi connectivity index (χ1) is 10.2. The van der Waals surface area contributed by atoms with Gasteiger partial charge in [0.1, 0.15) is 5.76 Å². The van der Waals surface area contributed by atoms with Crippen LogP contribution >= 0.6 is 11.8 Å². The second-order valence-corrected chi connectivity index (χ2v) is 5.67. The van der Waals surface area contributed by atoms with Crippen molar-refractivity contribution in [2.24, 2.45) is 0 Å². The molecule has 1 heterocycles. The zero-order chi connectivity index (χ0) is 15.1. The molecule has 0 unspecified atom stereocenters. The first kappa shape index (κ1) is 15.2. The van der Waals surface area contributed by atoms with Crippen LogP contribution in [-0.4, -0.2) is 11.7 Å². The highest BCUT2D eigenvalue weighted by molar-refractivity contribution is 7.99. The summed E-state index contributed by atoms with van der Waals surface area (Å²) in [5, 5.41) is 11.6. The number of carbonyl (C=O) groups excluding carboxylic acids is 1. The third-order valence-electron chi connectivity index (χ3n) is 2.89. The van der Waals surface area contributed by atoms with Crippen LogP contribution in [0.25, 0.3) is 0 Å². The van der Waals surface area contributed by atoms with E-state index in [-0.39, 0.29) is 5.91 Å². The Labute approximate surface area is 128 Å². The zero-order valence-electron chi connectivity index (χ0n) is 11.8. The molecule has 5 heteroatoms. The Hall–Kier alpha value is -2.19. The number of thioether (sulfide) groups is 1. The number of hydrogen-bond donors (Lipinski definition) is 1. The second kappa shape index (κ2) is 7.55. The fraction of sp³-hybridized carbons (Fsp3) is 0.250. The number of furan rings is 1. The quantitative estimate of drug-likeness (QED) is 0.647. The molecule has 0 atom stereocenters. The molecule has 0 saturated heterocycles. The van der Waals surface area contributed by atoms with Crippen LogP contribution in [0.4, 0.5) is 5.69 Å². The van der Waals surface area contributed by atoms with E-state index in [4.69, 9.17) is 9.68 Å². The predicted octanol–water partition coefficient (Wildman–Crippen LogP) is 3.97. The Balaban J connectivity index is 1.72. The van der Waals surface area contributed by atoms with E-state index in [0.29, 0.717) is 17.7 Å². The van der Waals surface area contributed by atoms with Crippen molar-refractivity contribution in [3.8, 4) is 6.07 Å². The summed E-state index contributed by atoms with van der Waals surface area (Å²) in [6.07, 6.45) is 2.92. The van der Waals surface area contributed by atoms with E-state index in [1.54, 1.807) is 42.3 Å². The number of hydrogen-bond acceptors (Lipinski definition) is 4. The average Bonchev–Trinajstić information content (AvgIpc) is 2.89. The second-order valence-electron chi connectivity index (χ2n) is 4.53. The highest BCUT2D eigenvalue weighted by Gasteiger charge is 2.05. The maximum Gasteiger partial charge on any atom is 0.224 e. The van der Waals surface area contributed by atoms with E-state index in [9.17, 15) is 4.79 Å². The number of nitrogens with zero attached hydrogens (tertiary/aromatic N) is 1. The van der Waals surface area contributed by atoms with E-state index >= 15 is 0 Å². The Morgan fingerprint density at radius 1 is 1.43 bits per heavy atom. The van der Waals surface area contributed by atoms with Crippen LogP contribution in [0.2, 0.25) is 0 Å². The van der Waals surface area contributed by atoms with E-state index in [0.717, 1.165) is 22.8 Å². The Morgan fingerprint density at radius 3 is 3.00 bits per heavy atom. The number of benzene rings is 1. The monoisotopic (exact) mass is 300 g/mol. The van der Waals surface area contributed by atoms with Gasteiger partial charge >= 0.3 is 0 Å². The third kappa shape index (κ3) is 4.69. The number of amides is 1. The van der Waals surface area contributed by atoms with Gasteiger partial charge in [0.05, 0.1) is 17.9 Å². The minimum Gasteiger partial charge on any atom is -0.468 e. The van der Waals surface area contributed by atoms with Crippen molar-refractivity contribution >= 4 is 23.4 Å². The molecule has 0 aliphatic carbocycles. The van der Waals surface area contributed by atoms with Crippen LogP contribution < -0.4 is 5.32 Å². The lowest BCUT2D eigenvalue weighted by Crippen LogP contribution is -2.11. The van der Waals surface area contributed by atoms with Crippen molar-refractivity contribution in [1.29, 1.82) is 5.26 Å².